The molecule has 0 aliphatic rings. The molecule has 0 fully saturated rings. The van der Waals surface area contributed by atoms with Gasteiger partial charge >= 0.3 is 6.18 Å². The van der Waals surface area contributed by atoms with Gasteiger partial charge in [-0.25, -0.2) is 8.78 Å². The van der Waals surface area contributed by atoms with E-state index in [0.29, 0.717) is 6.07 Å². The van der Waals surface area contributed by atoms with Crippen molar-refractivity contribution in [3.63, 3.8) is 0 Å². The number of aromatic nitrogens is 1. The molecule has 0 saturated heterocycles. The molecule has 1 aromatic heterocycles. The lowest BCUT2D eigenvalue weighted by atomic mass is 10.1. The first-order valence-electron chi connectivity index (χ1n) is 7.55. The number of benzene rings is 2. The smallest absolute Gasteiger partial charge is 0.419 e. The number of pyridine rings is 1. The van der Waals surface area contributed by atoms with Crippen LogP contribution in [0.4, 0.5) is 22.0 Å². The second-order valence-electron chi connectivity index (χ2n) is 5.60. The monoisotopic (exact) mass is 382 g/mol. The van der Waals surface area contributed by atoms with Gasteiger partial charge in [-0.15, -0.1) is 0 Å². The Morgan fingerprint density at radius 2 is 1.85 bits per heavy atom. The largest absolute Gasteiger partial charge is 0.473 e. The minimum Gasteiger partial charge on any atom is -0.473 e. The zero-order chi connectivity index (χ0) is 19.8. The summed E-state index contributed by atoms with van der Waals surface area (Å²) in [4.78, 5) is 14.3. The van der Waals surface area contributed by atoms with E-state index in [1.165, 1.54) is 6.07 Å². The van der Waals surface area contributed by atoms with Crippen molar-refractivity contribution in [2.24, 2.45) is 0 Å². The molecule has 27 heavy (non-hydrogen) atoms. The highest BCUT2D eigenvalue weighted by Crippen LogP contribution is 2.33. The summed E-state index contributed by atoms with van der Waals surface area (Å²) in [6.07, 6.45) is -4.08. The standard InChI is InChI=1S/C18H11F5N2O2/c19-10-4-5-11-12(6-10)17(25-16(26)13(11)7-24)27-8-9-2-1-3-14(15(9)20)18(21,22)23/h1-7,24H,8H2,(H,25,26). The lowest BCUT2D eigenvalue weighted by Gasteiger charge is -2.13. The molecule has 0 aliphatic carbocycles. The van der Waals surface area contributed by atoms with Crippen LogP contribution in [0.25, 0.3) is 10.8 Å². The summed E-state index contributed by atoms with van der Waals surface area (Å²) in [6.45, 7) is -0.624. The van der Waals surface area contributed by atoms with Crippen molar-refractivity contribution in [1.82, 2.24) is 4.98 Å². The topological polar surface area (TPSA) is 65.9 Å². The molecule has 3 rings (SSSR count). The Morgan fingerprint density at radius 3 is 2.52 bits per heavy atom. The van der Waals surface area contributed by atoms with Crippen LogP contribution in [-0.4, -0.2) is 11.2 Å². The number of fused-ring (bicyclic) bond motifs is 1. The fraction of sp³-hybridized carbons (Fsp3) is 0.111. The third kappa shape index (κ3) is 3.53. The number of hydrogen-bond donors (Lipinski definition) is 2. The van der Waals surface area contributed by atoms with Crippen molar-refractivity contribution in [2.75, 3.05) is 0 Å². The lowest BCUT2D eigenvalue weighted by Crippen LogP contribution is -2.15. The van der Waals surface area contributed by atoms with E-state index >= 15 is 0 Å². The molecule has 0 amide bonds. The van der Waals surface area contributed by atoms with E-state index in [-0.39, 0.29) is 27.8 Å². The third-order valence-corrected chi connectivity index (χ3v) is 3.89. The highest BCUT2D eigenvalue weighted by atomic mass is 19.4. The highest BCUT2D eigenvalue weighted by molar-refractivity contribution is 6.00. The fourth-order valence-electron chi connectivity index (χ4n) is 2.62. The van der Waals surface area contributed by atoms with E-state index in [9.17, 15) is 26.7 Å². The Bertz CT molecular complexity index is 1090. The molecule has 1 heterocycles. The number of hydrogen-bond acceptors (Lipinski definition) is 3. The zero-order valence-corrected chi connectivity index (χ0v) is 13.5. The molecule has 2 aromatic carbocycles. The number of halogens is 5. The van der Waals surface area contributed by atoms with Gasteiger partial charge in [0.1, 0.15) is 18.2 Å². The Morgan fingerprint density at radius 1 is 1.11 bits per heavy atom. The molecular weight excluding hydrogens is 371 g/mol. The van der Waals surface area contributed by atoms with Gasteiger partial charge in [0.05, 0.1) is 11.1 Å². The van der Waals surface area contributed by atoms with Crippen LogP contribution < -0.4 is 10.3 Å². The Kier molecular flexibility index (Phi) is 4.69. The van der Waals surface area contributed by atoms with Gasteiger partial charge in [0.15, 0.2) is 0 Å². The van der Waals surface area contributed by atoms with Crippen LogP contribution in [0.2, 0.25) is 0 Å². The van der Waals surface area contributed by atoms with Gasteiger partial charge in [0, 0.05) is 22.6 Å². The molecule has 0 bridgehead atoms. The van der Waals surface area contributed by atoms with Gasteiger partial charge < -0.3 is 10.1 Å². The SMILES string of the molecule is N=Cc1c(=O)[nH]c(OCc2cccc(C(F)(F)F)c2F)c2cc(F)ccc12. The first-order valence-corrected chi connectivity index (χ1v) is 7.55. The molecule has 0 spiro atoms. The third-order valence-electron chi connectivity index (χ3n) is 3.89. The normalized spacial score (nSPS) is 11.6. The van der Waals surface area contributed by atoms with E-state index < -0.39 is 35.5 Å². The predicted molar refractivity (Wildman–Crippen MR) is 88.1 cm³/mol. The van der Waals surface area contributed by atoms with Gasteiger partial charge in [-0.3, -0.25) is 9.78 Å². The van der Waals surface area contributed by atoms with Crippen molar-refractivity contribution in [3.05, 3.63) is 75.1 Å². The van der Waals surface area contributed by atoms with E-state index in [1.807, 2.05) is 0 Å². The summed E-state index contributed by atoms with van der Waals surface area (Å²) in [5, 5.41) is 7.62. The van der Waals surface area contributed by atoms with Gasteiger partial charge in [-0.05, 0) is 18.2 Å². The molecule has 0 unspecified atom stereocenters. The maximum atomic E-state index is 14.1. The van der Waals surface area contributed by atoms with E-state index in [4.69, 9.17) is 10.1 Å². The molecule has 0 aliphatic heterocycles. The van der Waals surface area contributed by atoms with Crippen LogP contribution >= 0.6 is 0 Å². The Labute approximate surface area is 148 Å². The molecule has 4 nitrogen and oxygen atoms in total. The molecule has 140 valence electrons. The predicted octanol–water partition coefficient (Wildman–Crippen LogP) is 4.40. The van der Waals surface area contributed by atoms with Crippen molar-refractivity contribution >= 4 is 17.0 Å². The number of ether oxygens (including phenoxy) is 1. The van der Waals surface area contributed by atoms with Crippen LogP contribution in [0.1, 0.15) is 16.7 Å². The van der Waals surface area contributed by atoms with Crippen LogP contribution in [0, 0.1) is 17.0 Å². The van der Waals surface area contributed by atoms with Crippen molar-refractivity contribution < 1.29 is 26.7 Å². The zero-order valence-electron chi connectivity index (χ0n) is 13.5. The average Bonchev–Trinajstić information content (AvgIpc) is 2.60. The molecule has 0 radical (unpaired) electrons. The number of nitrogens with one attached hydrogen (secondary N) is 2. The van der Waals surface area contributed by atoms with E-state index in [1.54, 1.807) is 0 Å². The van der Waals surface area contributed by atoms with Crippen molar-refractivity contribution in [3.8, 4) is 5.88 Å². The quantitative estimate of drug-likeness (QED) is 0.519. The fourth-order valence-corrected chi connectivity index (χ4v) is 2.62. The summed E-state index contributed by atoms with van der Waals surface area (Å²) in [6, 6.07) is 6.14. The van der Waals surface area contributed by atoms with Gasteiger partial charge in [-0.2, -0.15) is 13.2 Å². The van der Waals surface area contributed by atoms with Gasteiger partial charge in [0.2, 0.25) is 5.88 Å². The number of rotatable bonds is 4. The molecule has 0 atom stereocenters. The minimum atomic E-state index is -4.87. The van der Waals surface area contributed by atoms with Crippen LogP contribution in [-0.2, 0) is 12.8 Å². The van der Waals surface area contributed by atoms with Crippen LogP contribution in [0.5, 0.6) is 5.88 Å². The minimum absolute atomic E-state index is 0.0393. The van der Waals surface area contributed by atoms with Crippen LogP contribution in [0.3, 0.4) is 0 Å². The lowest BCUT2D eigenvalue weighted by molar-refractivity contribution is -0.140. The van der Waals surface area contributed by atoms with Crippen molar-refractivity contribution in [2.45, 2.75) is 12.8 Å². The second kappa shape index (κ2) is 6.82. The number of aromatic amines is 1. The number of alkyl halides is 3. The summed E-state index contributed by atoms with van der Waals surface area (Å²) in [5.41, 5.74) is -2.57. The van der Waals surface area contributed by atoms with Crippen LogP contribution in [0.15, 0.2) is 41.2 Å². The van der Waals surface area contributed by atoms with Gasteiger partial charge in [-0.1, -0.05) is 18.2 Å². The maximum absolute atomic E-state index is 14.1. The number of H-pyrrole nitrogens is 1. The van der Waals surface area contributed by atoms with Gasteiger partial charge in [0.25, 0.3) is 5.56 Å². The Balaban J connectivity index is 2.03. The first kappa shape index (κ1) is 18.6. The maximum Gasteiger partial charge on any atom is 0.419 e. The molecular formula is C18H11F5N2O2. The molecule has 0 saturated carbocycles. The molecule has 9 heteroatoms. The Hall–Kier alpha value is -3.23. The highest BCUT2D eigenvalue weighted by Gasteiger charge is 2.34. The molecule has 2 N–H and O–H groups in total. The summed E-state index contributed by atoms with van der Waals surface area (Å²) in [7, 11) is 0. The molecule has 3 aromatic rings. The summed E-state index contributed by atoms with van der Waals surface area (Å²) < 4.78 is 71.3. The van der Waals surface area contributed by atoms with E-state index in [0.717, 1.165) is 30.5 Å². The van der Waals surface area contributed by atoms with Crippen molar-refractivity contribution in [1.29, 1.82) is 5.41 Å². The average molecular weight is 382 g/mol. The summed E-state index contributed by atoms with van der Waals surface area (Å²) in [5.74, 6) is -2.38. The van der Waals surface area contributed by atoms with E-state index in [2.05, 4.69) is 4.98 Å². The summed E-state index contributed by atoms with van der Waals surface area (Å²) >= 11 is 0. The second-order valence-corrected chi connectivity index (χ2v) is 5.60. The first-order chi connectivity index (χ1) is 12.7.